The Kier molecular flexibility index (Phi) is 5.06. The highest BCUT2D eigenvalue weighted by atomic mass is 35.5. The van der Waals surface area contributed by atoms with Crippen LogP contribution < -0.4 is 4.90 Å². The predicted octanol–water partition coefficient (Wildman–Crippen LogP) is 3.63. The fourth-order valence-corrected chi connectivity index (χ4v) is 2.95. The molecule has 0 aliphatic heterocycles. The molecule has 1 aliphatic carbocycles. The second kappa shape index (κ2) is 6.58. The summed E-state index contributed by atoms with van der Waals surface area (Å²) >= 11 is 6.03. The van der Waals surface area contributed by atoms with Gasteiger partial charge in [0.1, 0.15) is 5.82 Å². The molecule has 2 rings (SSSR count). The van der Waals surface area contributed by atoms with Crippen LogP contribution in [0.2, 0.25) is 5.02 Å². The zero-order chi connectivity index (χ0) is 13.8. The fraction of sp³-hybridized carbons (Fsp3) is 0.667. The summed E-state index contributed by atoms with van der Waals surface area (Å²) in [5.41, 5.74) is 0.575. The minimum atomic E-state index is -0.104. The van der Waals surface area contributed by atoms with Crippen LogP contribution in [0.1, 0.15) is 45.2 Å². The molecule has 0 saturated heterocycles. The van der Waals surface area contributed by atoms with Gasteiger partial charge in [0.2, 0.25) is 0 Å². The summed E-state index contributed by atoms with van der Waals surface area (Å²) in [6, 6.07) is 4.41. The van der Waals surface area contributed by atoms with Gasteiger partial charge in [-0.3, -0.25) is 0 Å². The third kappa shape index (κ3) is 3.61. The van der Waals surface area contributed by atoms with Crippen LogP contribution in [0.3, 0.4) is 0 Å². The summed E-state index contributed by atoms with van der Waals surface area (Å²) in [6.07, 6.45) is 5.09. The molecule has 1 saturated carbocycles. The van der Waals surface area contributed by atoms with Crippen LogP contribution in [-0.4, -0.2) is 22.7 Å². The Balaban J connectivity index is 2.25. The molecule has 0 unspecified atom stereocenters. The van der Waals surface area contributed by atoms with Crippen molar-refractivity contribution in [1.82, 2.24) is 4.98 Å². The van der Waals surface area contributed by atoms with E-state index >= 15 is 0 Å². The van der Waals surface area contributed by atoms with Gasteiger partial charge in [-0.1, -0.05) is 38.3 Å². The van der Waals surface area contributed by atoms with Gasteiger partial charge in [0.25, 0.3) is 0 Å². The van der Waals surface area contributed by atoms with Crippen molar-refractivity contribution in [3.05, 3.63) is 22.8 Å². The summed E-state index contributed by atoms with van der Waals surface area (Å²) in [6.45, 7) is 5.35. The van der Waals surface area contributed by atoms with Crippen molar-refractivity contribution in [3.8, 4) is 0 Å². The summed E-state index contributed by atoms with van der Waals surface area (Å²) in [7, 11) is 0. The SMILES string of the molecule is CC(C)CN(c1ccc(Cl)c(CO)n1)C1CCCC1. The van der Waals surface area contributed by atoms with Crippen molar-refractivity contribution in [2.24, 2.45) is 5.92 Å². The fourth-order valence-electron chi connectivity index (χ4n) is 2.78. The smallest absolute Gasteiger partial charge is 0.129 e. The van der Waals surface area contributed by atoms with Crippen LogP contribution in [0.4, 0.5) is 5.82 Å². The number of anilines is 1. The average Bonchev–Trinajstić information content (AvgIpc) is 2.90. The van der Waals surface area contributed by atoms with Gasteiger partial charge in [-0.15, -0.1) is 0 Å². The Labute approximate surface area is 120 Å². The number of hydrogen-bond acceptors (Lipinski definition) is 3. The molecule has 1 aromatic heterocycles. The quantitative estimate of drug-likeness (QED) is 0.896. The Morgan fingerprint density at radius 2 is 2.05 bits per heavy atom. The number of aliphatic hydroxyl groups excluding tert-OH is 1. The number of aliphatic hydroxyl groups is 1. The van der Waals surface area contributed by atoms with Crippen LogP contribution in [0.15, 0.2) is 12.1 Å². The summed E-state index contributed by atoms with van der Waals surface area (Å²) in [4.78, 5) is 6.93. The van der Waals surface area contributed by atoms with Crippen molar-refractivity contribution < 1.29 is 5.11 Å². The molecule has 0 spiro atoms. The molecule has 0 amide bonds. The van der Waals surface area contributed by atoms with Gasteiger partial charge in [0.05, 0.1) is 17.3 Å². The van der Waals surface area contributed by atoms with Gasteiger partial charge in [-0.2, -0.15) is 0 Å². The third-order valence-corrected chi connectivity index (χ3v) is 4.02. The second-order valence-corrected chi connectivity index (χ2v) is 6.15. The highest BCUT2D eigenvalue weighted by Crippen LogP contribution is 2.29. The summed E-state index contributed by atoms with van der Waals surface area (Å²) < 4.78 is 0. The molecule has 1 heterocycles. The van der Waals surface area contributed by atoms with E-state index < -0.39 is 0 Å². The van der Waals surface area contributed by atoms with Gasteiger partial charge in [-0.25, -0.2) is 4.98 Å². The monoisotopic (exact) mass is 282 g/mol. The minimum absolute atomic E-state index is 0.104. The molecule has 0 bridgehead atoms. The molecule has 1 aromatic rings. The standard InChI is InChI=1S/C15H23ClN2O/c1-11(2)9-18(12-5-3-4-6-12)15-8-7-13(16)14(10-19)17-15/h7-8,11-12,19H,3-6,9-10H2,1-2H3. The van der Waals surface area contributed by atoms with E-state index in [1.165, 1.54) is 25.7 Å². The molecule has 19 heavy (non-hydrogen) atoms. The first-order chi connectivity index (χ1) is 9.11. The van der Waals surface area contributed by atoms with Crippen LogP contribution in [0.25, 0.3) is 0 Å². The van der Waals surface area contributed by atoms with Crippen molar-refractivity contribution in [3.63, 3.8) is 0 Å². The topological polar surface area (TPSA) is 36.4 Å². The lowest BCUT2D eigenvalue weighted by Gasteiger charge is -2.32. The number of halogens is 1. The first kappa shape index (κ1) is 14.6. The van der Waals surface area contributed by atoms with Gasteiger partial charge >= 0.3 is 0 Å². The van der Waals surface area contributed by atoms with Gasteiger partial charge in [0.15, 0.2) is 0 Å². The molecule has 3 nitrogen and oxygen atoms in total. The van der Waals surface area contributed by atoms with Gasteiger partial charge in [0, 0.05) is 12.6 Å². The molecule has 1 fully saturated rings. The maximum Gasteiger partial charge on any atom is 0.129 e. The molecule has 1 N–H and O–H groups in total. The zero-order valence-electron chi connectivity index (χ0n) is 11.8. The maximum atomic E-state index is 9.31. The maximum absolute atomic E-state index is 9.31. The highest BCUT2D eigenvalue weighted by Gasteiger charge is 2.24. The molecule has 0 aromatic carbocycles. The Morgan fingerprint density at radius 3 is 2.63 bits per heavy atom. The van der Waals surface area contributed by atoms with E-state index in [0.29, 0.717) is 22.7 Å². The molecule has 1 aliphatic rings. The van der Waals surface area contributed by atoms with Crippen LogP contribution in [0.5, 0.6) is 0 Å². The predicted molar refractivity (Wildman–Crippen MR) is 79.6 cm³/mol. The van der Waals surface area contributed by atoms with E-state index in [1.54, 1.807) is 0 Å². The molecule has 106 valence electrons. The van der Waals surface area contributed by atoms with Crippen molar-refractivity contribution >= 4 is 17.4 Å². The summed E-state index contributed by atoms with van der Waals surface area (Å²) in [5.74, 6) is 1.55. The minimum Gasteiger partial charge on any atom is -0.390 e. The zero-order valence-corrected chi connectivity index (χ0v) is 12.5. The van der Waals surface area contributed by atoms with E-state index in [2.05, 4.69) is 23.7 Å². The van der Waals surface area contributed by atoms with E-state index in [-0.39, 0.29) is 6.61 Å². The lowest BCUT2D eigenvalue weighted by Crippen LogP contribution is -2.37. The lowest BCUT2D eigenvalue weighted by atomic mass is 10.1. The lowest BCUT2D eigenvalue weighted by molar-refractivity contribution is 0.277. The molecular formula is C15H23ClN2O. The normalized spacial score (nSPS) is 16.3. The number of pyridine rings is 1. The number of rotatable bonds is 5. The van der Waals surface area contributed by atoms with Crippen LogP contribution in [-0.2, 0) is 6.61 Å². The molecular weight excluding hydrogens is 260 g/mol. The van der Waals surface area contributed by atoms with Crippen molar-refractivity contribution in [2.45, 2.75) is 52.2 Å². The highest BCUT2D eigenvalue weighted by molar-refractivity contribution is 6.31. The third-order valence-electron chi connectivity index (χ3n) is 3.68. The van der Waals surface area contributed by atoms with E-state index in [1.807, 2.05) is 12.1 Å². The number of hydrogen-bond donors (Lipinski definition) is 1. The molecule has 0 atom stereocenters. The van der Waals surface area contributed by atoms with E-state index in [4.69, 9.17) is 11.6 Å². The first-order valence-electron chi connectivity index (χ1n) is 7.14. The molecule has 0 radical (unpaired) electrons. The van der Waals surface area contributed by atoms with E-state index in [0.717, 1.165) is 12.4 Å². The Morgan fingerprint density at radius 1 is 1.37 bits per heavy atom. The van der Waals surface area contributed by atoms with Crippen molar-refractivity contribution in [2.75, 3.05) is 11.4 Å². The number of nitrogens with zero attached hydrogens (tertiary/aromatic N) is 2. The van der Waals surface area contributed by atoms with Crippen molar-refractivity contribution in [1.29, 1.82) is 0 Å². The average molecular weight is 283 g/mol. The van der Waals surface area contributed by atoms with Crippen LogP contribution in [0, 0.1) is 5.92 Å². The largest absolute Gasteiger partial charge is 0.390 e. The van der Waals surface area contributed by atoms with Crippen LogP contribution >= 0.6 is 11.6 Å². The summed E-state index contributed by atoms with van der Waals surface area (Å²) in [5, 5.41) is 9.85. The van der Waals surface area contributed by atoms with E-state index in [9.17, 15) is 5.11 Å². The first-order valence-corrected chi connectivity index (χ1v) is 7.52. The second-order valence-electron chi connectivity index (χ2n) is 5.74. The number of aromatic nitrogens is 1. The molecule has 4 heteroatoms. The van der Waals surface area contributed by atoms with Gasteiger partial charge < -0.3 is 10.0 Å². The Hall–Kier alpha value is -0.800. The van der Waals surface area contributed by atoms with Gasteiger partial charge in [-0.05, 0) is 30.9 Å². The Bertz CT molecular complexity index is 417.